The Labute approximate surface area is 180 Å². The summed E-state index contributed by atoms with van der Waals surface area (Å²) in [5.41, 5.74) is -1.57. The van der Waals surface area contributed by atoms with Crippen LogP contribution in [0.5, 0.6) is 0 Å². The fourth-order valence-corrected chi connectivity index (χ4v) is 4.61. The molecule has 2 aromatic rings. The number of rotatable bonds is 1. The molecule has 6 nitrogen and oxygen atoms in total. The standard InChI is InChI=1S/C20H23BrF3N3O3/c1-19(2,3)30-18(28)27-11-5-4-6-12(27)10-26(9-11)17-25-15-13(20(22,23)24)7-8-14(21)16(15)29-17/h7-8,11-12H,4-6,9-10H2,1-3H3. The van der Waals surface area contributed by atoms with Crippen LogP contribution in [-0.4, -0.2) is 46.8 Å². The molecule has 3 heterocycles. The largest absolute Gasteiger partial charge is 0.444 e. The summed E-state index contributed by atoms with van der Waals surface area (Å²) in [4.78, 5) is 20.5. The predicted molar refractivity (Wildman–Crippen MR) is 108 cm³/mol. The average Bonchev–Trinajstić information content (AvgIpc) is 3.04. The minimum Gasteiger partial charge on any atom is -0.444 e. The number of halogens is 4. The third-order valence-electron chi connectivity index (χ3n) is 5.39. The van der Waals surface area contributed by atoms with Gasteiger partial charge in [-0.15, -0.1) is 0 Å². The van der Waals surface area contributed by atoms with Crippen molar-refractivity contribution in [1.82, 2.24) is 9.88 Å². The van der Waals surface area contributed by atoms with E-state index in [0.29, 0.717) is 17.6 Å². The van der Waals surface area contributed by atoms with Gasteiger partial charge in [-0.3, -0.25) is 4.90 Å². The lowest BCUT2D eigenvalue weighted by atomic mass is 9.92. The maximum absolute atomic E-state index is 13.4. The van der Waals surface area contributed by atoms with Gasteiger partial charge >= 0.3 is 12.3 Å². The highest BCUT2D eigenvalue weighted by atomic mass is 79.9. The van der Waals surface area contributed by atoms with E-state index in [1.165, 1.54) is 6.07 Å². The van der Waals surface area contributed by atoms with Crippen molar-refractivity contribution in [3.8, 4) is 0 Å². The van der Waals surface area contributed by atoms with Crippen molar-refractivity contribution >= 4 is 39.1 Å². The van der Waals surface area contributed by atoms with E-state index < -0.39 is 17.3 Å². The van der Waals surface area contributed by atoms with Crippen LogP contribution in [0.3, 0.4) is 0 Å². The van der Waals surface area contributed by atoms with Crippen molar-refractivity contribution in [2.45, 2.75) is 63.9 Å². The molecule has 4 rings (SSSR count). The molecule has 0 N–H and O–H groups in total. The highest BCUT2D eigenvalue weighted by Crippen LogP contribution is 2.40. The number of fused-ring (bicyclic) bond motifs is 3. The Balaban J connectivity index is 1.63. The number of nitrogens with zero attached hydrogens (tertiary/aromatic N) is 3. The maximum Gasteiger partial charge on any atom is 0.418 e. The Hall–Kier alpha value is -1.97. The van der Waals surface area contributed by atoms with Crippen LogP contribution in [0, 0.1) is 0 Å². The first-order valence-corrected chi connectivity index (χ1v) is 10.7. The van der Waals surface area contributed by atoms with Gasteiger partial charge in [0.15, 0.2) is 5.58 Å². The Morgan fingerprint density at radius 2 is 1.83 bits per heavy atom. The molecule has 0 radical (unpaired) electrons. The summed E-state index contributed by atoms with van der Waals surface area (Å²) in [6, 6.07) is 2.24. The number of oxazole rings is 1. The monoisotopic (exact) mass is 489 g/mol. The summed E-state index contributed by atoms with van der Waals surface area (Å²) >= 11 is 3.25. The van der Waals surface area contributed by atoms with Crippen molar-refractivity contribution in [2.75, 3.05) is 18.0 Å². The number of carbonyl (C=O) groups excluding carboxylic acids is 1. The number of carbonyl (C=O) groups is 1. The Kier molecular flexibility index (Phi) is 5.19. The summed E-state index contributed by atoms with van der Waals surface area (Å²) in [6.45, 7) is 6.34. The molecule has 2 saturated heterocycles. The molecule has 164 valence electrons. The Bertz CT molecular complexity index is 956. The van der Waals surface area contributed by atoms with E-state index in [4.69, 9.17) is 9.15 Å². The van der Waals surface area contributed by atoms with Crippen LogP contribution in [-0.2, 0) is 10.9 Å². The molecule has 30 heavy (non-hydrogen) atoms. The number of aromatic nitrogens is 1. The molecular formula is C20H23BrF3N3O3. The van der Waals surface area contributed by atoms with Crippen LogP contribution >= 0.6 is 15.9 Å². The van der Waals surface area contributed by atoms with Crippen LogP contribution in [0.4, 0.5) is 24.0 Å². The van der Waals surface area contributed by atoms with Crippen LogP contribution in [0.15, 0.2) is 21.0 Å². The number of hydrogen-bond acceptors (Lipinski definition) is 5. The molecule has 2 aliphatic heterocycles. The number of hydrogen-bond donors (Lipinski definition) is 0. The average molecular weight is 490 g/mol. The molecule has 2 aliphatic rings. The molecule has 1 aromatic carbocycles. The third kappa shape index (κ3) is 3.98. The SMILES string of the molecule is CC(C)(C)OC(=O)N1C2CCCC1CN(c1nc3c(C(F)(F)F)ccc(Br)c3o1)C2. The zero-order valence-electron chi connectivity index (χ0n) is 16.9. The number of piperidine rings is 1. The van der Waals surface area contributed by atoms with Crippen LogP contribution in [0.1, 0.15) is 45.6 Å². The number of piperazine rings is 1. The predicted octanol–water partition coefficient (Wildman–Crippen LogP) is 5.59. The highest BCUT2D eigenvalue weighted by Gasteiger charge is 2.43. The van der Waals surface area contributed by atoms with Gasteiger partial charge in [-0.05, 0) is 68.1 Å². The number of alkyl halides is 3. The van der Waals surface area contributed by atoms with E-state index in [0.717, 1.165) is 25.3 Å². The van der Waals surface area contributed by atoms with Crippen LogP contribution in [0.25, 0.3) is 11.1 Å². The van der Waals surface area contributed by atoms with Gasteiger partial charge in [0.2, 0.25) is 0 Å². The van der Waals surface area contributed by atoms with E-state index in [1.807, 2.05) is 25.7 Å². The zero-order chi connectivity index (χ0) is 21.8. The quantitative estimate of drug-likeness (QED) is 0.522. The molecule has 0 saturated carbocycles. The van der Waals surface area contributed by atoms with E-state index in [-0.39, 0.29) is 35.3 Å². The smallest absolute Gasteiger partial charge is 0.418 e. The van der Waals surface area contributed by atoms with Gasteiger partial charge in [-0.25, -0.2) is 4.79 Å². The molecule has 0 spiro atoms. The molecule has 2 fully saturated rings. The first-order valence-electron chi connectivity index (χ1n) is 9.86. The van der Waals surface area contributed by atoms with E-state index >= 15 is 0 Å². The topological polar surface area (TPSA) is 58.8 Å². The normalized spacial score (nSPS) is 22.5. The first-order chi connectivity index (χ1) is 13.9. The van der Waals surface area contributed by atoms with Crippen molar-refractivity contribution in [3.63, 3.8) is 0 Å². The second-order valence-electron chi connectivity index (χ2n) is 8.80. The van der Waals surface area contributed by atoms with Crippen LogP contribution < -0.4 is 4.90 Å². The molecule has 2 bridgehead atoms. The number of amides is 1. The lowest BCUT2D eigenvalue weighted by Crippen LogP contribution is -2.63. The molecule has 1 amide bonds. The fraction of sp³-hybridized carbons (Fsp3) is 0.600. The van der Waals surface area contributed by atoms with Crippen molar-refractivity contribution in [3.05, 3.63) is 22.2 Å². The maximum atomic E-state index is 13.4. The van der Waals surface area contributed by atoms with Crippen molar-refractivity contribution in [2.24, 2.45) is 0 Å². The second kappa shape index (κ2) is 7.32. The first kappa shape index (κ1) is 21.3. The molecular weight excluding hydrogens is 467 g/mol. The van der Waals surface area contributed by atoms with Crippen LogP contribution in [0.2, 0.25) is 0 Å². The second-order valence-corrected chi connectivity index (χ2v) is 9.65. The van der Waals surface area contributed by atoms with Gasteiger partial charge in [0.25, 0.3) is 6.01 Å². The summed E-state index contributed by atoms with van der Waals surface area (Å²) in [7, 11) is 0. The minimum atomic E-state index is -4.53. The number of ether oxygens (including phenoxy) is 1. The molecule has 1 aromatic heterocycles. The van der Waals surface area contributed by atoms with Gasteiger partial charge in [0.05, 0.1) is 22.1 Å². The Morgan fingerprint density at radius 1 is 1.20 bits per heavy atom. The van der Waals surface area contributed by atoms with E-state index in [1.54, 1.807) is 4.90 Å². The molecule has 2 unspecified atom stereocenters. The van der Waals surface area contributed by atoms with Gasteiger partial charge in [-0.2, -0.15) is 18.2 Å². The van der Waals surface area contributed by atoms with E-state index in [9.17, 15) is 18.0 Å². The lowest BCUT2D eigenvalue weighted by molar-refractivity contribution is -0.136. The van der Waals surface area contributed by atoms with Crippen molar-refractivity contribution in [1.29, 1.82) is 0 Å². The minimum absolute atomic E-state index is 0.0690. The number of anilines is 1. The van der Waals surface area contributed by atoms with E-state index in [2.05, 4.69) is 20.9 Å². The third-order valence-corrected chi connectivity index (χ3v) is 6.01. The number of benzene rings is 1. The molecule has 0 aliphatic carbocycles. The van der Waals surface area contributed by atoms with Gasteiger partial charge in [0.1, 0.15) is 11.1 Å². The zero-order valence-corrected chi connectivity index (χ0v) is 18.5. The van der Waals surface area contributed by atoms with Crippen molar-refractivity contribution < 1.29 is 27.1 Å². The Morgan fingerprint density at radius 3 is 2.40 bits per heavy atom. The molecule has 2 atom stereocenters. The summed E-state index contributed by atoms with van der Waals surface area (Å²) in [5.74, 6) is 0. The highest BCUT2D eigenvalue weighted by molar-refractivity contribution is 9.10. The summed E-state index contributed by atoms with van der Waals surface area (Å²) < 4.78 is 51.9. The lowest BCUT2D eigenvalue weighted by Gasteiger charge is -2.49. The summed E-state index contributed by atoms with van der Waals surface area (Å²) in [5, 5.41) is 0. The fourth-order valence-electron chi connectivity index (χ4n) is 4.20. The summed E-state index contributed by atoms with van der Waals surface area (Å²) in [6.07, 6.45) is -2.30. The van der Waals surface area contributed by atoms with Gasteiger partial charge in [0, 0.05) is 13.1 Å². The van der Waals surface area contributed by atoms with Gasteiger partial charge in [-0.1, -0.05) is 0 Å². The molecule has 10 heteroatoms. The van der Waals surface area contributed by atoms with Gasteiger partial charge < -0.3 is 14.1 Å².